The molecule has 5 nitrogen and oxygen atoms in total. The van der Waals surface area contributed by atoms with Gasteiger partial charge in [0.05, 0.1) is 0 Å². The van der Waals surface area contributed by atoms with Crippen LogP contribution in [0.1, 0.15) is 10.4 Å². The van der Waals surface area contributed by atoms with Crippen molar-refractivity contribution in [3.8, 4) is 10.4 Å². The van der Waals surface area contributed by atoms with Crippen LogP contribution in [-0.4, -0.2) is 36.1 Å². The molecule has 1 aromatic carbocycles. The Morgan fingerprint density at radius 3 is 2.71 bits per heavy atom. The van der Waals surface area contributed by atoms with Crippen molar-refractivity contribution < 1.29 is 14.4 Å². The van der Waals surface area contributed by atoms with E-state index in [0.717, 1.165) is 11.1 Å². The van der Waals surface area contributed by atoms with Crippen molar-refractivity contribution in [2.24, 2.45) is 5.92 Å². The number of ketones is 1. The molecule has 24 heavy (non-hydrogen) atoms. The second kappa shape index (κ2) is 6.57. The van der Waals surface area contributed by atoms with E-state index in [9.17, 15) is 14.4 Å². The number of rotatable bonds is 4. The molecule has 0 spiro atoms. The quantitative estimate of drug-likeness (QED) is 0.683. The van der Waals surface area contributed by atoms with Gasteiger partial charge in [0.15, 0.2) is 0 Å². The molecule has 1 aliphatic heterocycles. The van der Waals surface area contributed by atoms with Gasteiger partial charge < -0.3 is 10.2 Å². The van der Waals surface area contributed by atoms with Crippen LogP contribution >= 0.6 is 11.3 Å². The van der Waals surface area contributed by atoms with E-state index in [4.69, 9.17) is 0 Å². The summed E-state index contributed by atoms with van der Waals surface area (Å²) in [5, 5.41) is 2.76. The molecule has 1 N–H and O–H groups in total. The Labute approximate surface area is 144 Å². The molecule has 6 heteroatoms. The van der Waals surface area contributed by atoms with Gasteiger partial charge in [-0.05, 0) is 36.2 Å². The van der Waals surface area contributed by atoms with Crippen LogP contribution in [0.3, 0.4) is 0 Å². The maximum atomic E-state index is 12.2. The zero-order valence-corrected chi connectivity index (χ0v) is 14.4. The predicted molar refractivity (Wildman–Crippen MR) is 92.5 cm³/mol. The van der Waals surface area contributed by atoms with Crippen LogP contribution < -0.4 is 5.32 Å². The van der Waals surface area contributed by atoms with Crippen molar-refractivity contribution in [1.82, 2.24) is 10.2 Å². The summed E-state index contributed by atoms with van der Waals surface area (Å²) in [6.07, 6.45) is 0. The van der Waals surface area contributed by atoms with Crippen LogP contribution in [-0.2, 0) is 20.9 Å². The van der Waals surface area contributed by atoms with Gasteiger partial charge in [-0.1, -0.05) is 18.2 Å². The summed E-state index contributed by atoms with van der Waals surface area (Å²) in [4.78, 5) is 39.1. The van der Waals surface area contributed by atoms with Crippen LogP contribution in [0.25, 0.3) is 10.4 Å². The monoisotopic (exact) mass is 342 g/mol. The Morgan fingerprint density at radius 2 is 2.08 bits per heavy atom. The van der Waals surface area contributed by atoms with E-state index in [1.807, 2.05) is 24.3 Å². The van der Waals surface area contributed by atoms with Crippen molar-refractivity contribution in [1.29, 1.82) is 0 Å². The van der Waals surface area contributed by atoms with Gasteiger partial charge >= 0.3 is 0 Å². The molecule has 1 atom stereocenters. The smallest absolute Gasteiger partial charge is 0.290 e. The van der Waals surface area contributed by atoms with Gasteiger partial charge in [0, 0.05) is 29.9 Å². The molecule has 1 saturated heterocycles. The zero-order chi connectivity index (χ0) is 17.3. The van der Waals surface area contributed by atoms with Gasteiger partial charge in [-0.15, -0.1) is 11.3 Å². The molecule has 0 bridgehead atoms. The van der Waals surface area contributed by atoms with E-state index in [0.29, 0.717) is 6.54 Å². The second-order valence-electron chi connectivity index (χ2n) is 5.93. The average molecular weight is 342 g/mol. The maximum absolute atomic E-state index is 12.2. The molecule has 124 valence electrons. The molecule has 1 aliphatic rings. The maximum Gasteiger partial charge on any atom is 0.290 e. The summed E-state index contributed by atoms with van der Waals surface area (Å²) in [7, 11) is 1.53. The minimum atomic E-state index is -0.898. The molecular weight excluding hydrogens is 324 g/mol. The van der Waals surface area contributed by atoms with E-state index < -0.39 is 23.5 Å². The fourth-order valence-corrected chi connectivity index (χ4v) is 3.58. The largest absolute Gasteiger partial charge is 0.351 e. The van der Waals surface area contributed by atoms with Gasteiger partial charge in [0.25, 0.3) is 5.91 Å². The molecule has 0 aliphatic carbocycles. The molecule has 2 heterocycles. The van der Waals surface area contributed by atoms with Crippen LogP contribution in [0.4, 0.5) is 0 Å². The fraction of sp³-hybridized carbons (Fsp3) is 0.278. The predicted octanol–water partition coefficient (Wildman–Crippen LogP) is 2.00. The number of Topliss-reactive ketones (excluding diaryl/α,β-unsaturated/α-hetero) is 1. The molecule has 0 radical (unpaired) electrons. The van der Waals surface area contributed by atoms with Crippen molar-refractivity contribution in [3.05, 3.63) is 46.8 Å². The SMILES string of the molecule is Cc1ccc(-c2cccc(CNC(=O)C3CN(C)C(=O)C3=O)c2)s1. The van der Waals surface area contributed by atoms with Crippen LogP contribution in [0.15, 0.2) is 36.4 Å². The zero-order valence-electron chi connectivity index (χ0n) is 13.5. The first kappa shape index (κ1) is 16.4. The van der Waals surface area contributed by atoms with Gasteiger partial charge in [-0.3, -0.25) is 14.4 Å². The number of likely N-dealkylation sites (tertiary alicyclic amines) is 1. The summed E-state index contributed by atoms with van der Waals surface area (Å²) in [6, 6.07) is 12.1. The van der Waals surface area contributed by atoms with Gasteiger partial charge in [0.2, 0.25) is 11.7 Å². The highest BCUT2D eigenvalue weighted by atomic mass is 32.1. The number of likely N-dealkylation sites (N-methyl/N-ethyl adjacent to an activating group) is 1. The number of benzene rings is 1. The number of carbonyl (C=O) groups excluding carboxylic acids is 3. The number of hydrogen-bond acceptors (Lipinski definition) is 4. The molecule has 1 fully saturated rings. The number of nitrogens with zero attached hydrogens (tertiary/aromatic N) is 1. The Balaban J connectivity index is 1.66. The van der Waals surface area contributed by atoms with Crippen LogP contribution in [0, 0.1) is 12.8 Å². The first-order valence-corrected chi connectivity index (χ1v) is 8.50. The lowest BCUT2D eigenvalue weighted by atomic mass is 10.1. The molecule has 1 aromatic heterocycles. The number of amides is 2. The topological polar surface area (TPSA) is 66.5 Å². The lowest BCUT2D eigenvalue weighted by Gasteiger charge is -2.10. The Hall–Kier alpha value is -2.47. The van der Waals surface area contributed by atoms with Gasteiger partial charge in [0.1, 0.15) is 5.92 Å². The van der Waals surface area contributed by atoms with E-state index in [2.05, 4.69) is 24.4 Å². The number of hydrogen-bond donors (Lipinski definition) is 1. The highest BCUT2D eigenvalue weighted by molar-refractivity contribution is 7.15. The number of thiophene rings is 1. The summed E-state index contributed by atoms with van der Waals surface area (Å²) >= 11 is 1.72. The third-order valence-electron chi connectivity index (χ3n) is 4.07. The van der Waals surface area contributed by atoms with Gasteiger partial charge in [-0.2, -0.15) is 0 Å². The molecule has 1 unspecified atom stereocenters. The van der Waals surface area contributed by atoms with E-state index >= 15 is 0 Å². The average Bonchev–Trinajstić information content (AvgIpc) is 3.12. The van der Waals surface area contributed by atoms with Crippen LogP contribution in [0.2, 0.25) is 0 Å². The molecular formula is C18H18N2O3S. The number of aryl methyl sites for hydroxylation is 1. The minimum Gasteiger partial charge on any atom is -0.351 e. The molecule has 2 amide bonds. The summed E-state index contributed by atoms with van der Waals surface area (Å²) < 4.78 is 0. The van der Waals surface area contributed by atoms with Crippen molar-refractivity contribution in [2.75, 3.05) is 13.6 Å². The lowest BCUT2D eigenvalue weighted by Crippen LogP contribution is -2.35. The standard InChI is InChI=1S/C18H18N2O3S/c1-11-6-7-15(24-11)13-5-3-4-12(8-13)9-19-17(22)14-10-20(2)18(23)16(14)21/h3-8,14H,9-10H2,1-2H3,(H,19,22). The first-order chi connectivity index (χ1) is 11.5. The Bertz CT molecular complexity index is 812. The second-order valence-corrected chi connectivity index (χ2v) is 7.22. The number of carbonyl (C=O) groups is 3. The molecule has 3 rings (SSSR count). The Kier molecular flexibility index (Phi) is 4.49. The summed E-state index contributed by atoms with van der Waals surface area (Å²) in [5.74, 6) is -2.51. The highest BCUT2D eigenvalue weighted by Gasteiger charge is 2.41. The first-order valence-electron chi connectivity index (χ1n) is 7.68. The molecule has 0 saturated carbocycles. The van der Waals surface area contributed by atoms with Crippen LogP contribution in [0.5, 0.6) is 0 Å². The fourth-order valence-electron chi connectivity index (χ4n) is 2.72. The highest BCUT2D eigenvalue weighted by Crippen LogP contribution is 2.28. The lowest BCUT2D eigenvalue weighted by molar-refractivity contribution is -0.142. The van der Waals surface area contributed by atoms with Crippen molar-refractivity contribution in [3.63, 3.8) is 0 Å². The summed E-state index contributed by atoms with van der Waals surface area (Å²) in [5.41, 5.74) is 2.06. The minimum absolute atomic E-state index is 0.151. The molecule has 2 aromatic rings. The summed E-state index contributed by atoms with van der Waals surface area (Å²) in [6.45, 7) is 2.55. The third-order valence-corrected chi connectivity index (χ3v) is 5.12. The Morgan fingerprint density at radius 1 is 1.29 bits per heavy atom. The van der Waals surface area contributed by atoms with E-state index in [1.165, 1.54) is 21.7 Å². The van der Waals surface area contributed by atoms with E-state index in [-0.39, 0.29) is 6.54 Å². The normalized spacial score (nSPS) is 17.4. The van der Waals surface area contributed by atoms with E-state index in [1.54, 1.807) is 11.3 Å². The van der Waals surface area contributed by atoms with Gasteiger partial charge in [-0.25, -0.2) is 0 Å². The van der Waals surface area contributed by atoms with Crippen molar-refractivity contribution >= 4 is 28.9 Å². The van der Waals surface area contributed by atoms with Crippen molar-refractivity contribution in [2.45, 2.75) is 13.5 Å². The number of nitrogens with one attached hydrogen (secondary N) is 1. The third kappa shape index (κ3) is 3.23.